The van der Waals surface area contributed by atoms with Gasteiger partial charge in [0, 0.05) is 23.4 Å². The predicted octanol–water partition coefficient (Wildman–Crippen LogP) is 2.98. The molecular weight excluding hydrogens is 304 g/mol. The molecule has 0 spiro atoms. The molecule has 0 aromatic rings. The number of hydrogen-bond acceptors (Lipinski definition) is 4. The van der Waals surface area contributed by atoms with Gasteiger partial charge < -0.3 is 14.6 Å². The Morgan fingerprint density at radius 1 is 1.12 bits per heavy atom. The quantitative estimate of drug-likeness (QED) is 0.547. The highest BCUT2D eigenvalue weighted by Crippen LogP contribution is 2.68. The molecule has 2 heterocycles. The molecule has 4 nitrogen and oxygen atoms in total. The second-order valence-corrected chi connectivity index (χ2v) is 9.67. The van der Waals surface area contributed by atoms with Crippen LogP contribution in [-0.4, -0.2) is 35.5 Å². The summed E-state index contributed by atoms with van der Waals surface area (Å²) in [6.45, 7) is 7.30. The van der Waals surface area contributed by atoms with Crippen LogP contribution in [0.2, 0.25) is 0 Å². The van der Waals surface area contributed by atoms with Crippen LogP contribution in [0.15, 0.2) is 11.6 Å². The van der Waals surface area contributed by atoms with E-state index >= 15 is 0 Å². The minimum Gasteiger partial charge on any atom is -0.457 e. The van der Waals surface area contributed by atoms with Crippen LogP contribution in [0.4, 0.5) is 0 Å². The topological polar surface area (TPSA) is 55.8 Å². The van der Waals surface area contributed by atoms with E-state index in [1.54, 1.807) is 0 Å². The summed E-state index contributed by atoms with van der Waals surface area (Å²) in [4.78, 5) is 12.7. The van der Waals surface area contributed by atoms with E-state index < -0.39 is 11.0 Å². The Balaban J connectivity index is 1.70. The number of rotatable bonds is 0. The van der Waals surface area contributed by atoms with Crippen LogP contribution in [0.25, 0.3) is 0 Å². The second kappa shape index (κ2) is 4.27. The summed E-state index contributed by atoms with van der Waals surface area (Å²) < 4.78 is 11.9. The largest absolute Gasteiger partial charge is 0.457 e. The predicted molar refractivity (Wildman–Crippen MR) is 88.2 cm³/mol. The average Bonchev–Trinajstić information content (AvgIpc) is 3.02. The number of aliphatic hydroxyl groups is 1. The summed E-state index contributed by atoms with van der Waals surface area (Å²) in [7, 11) is 0. The zero-order valence-electron chi connectivity index (χ0n) is 14.9. The van der Waals surface area contributed by atoms with Gasteiger partial charge in [0.25, 0.3) is 0 Å². The molecule has 24 heavy (non-hydrogen) atoms. The second-order valence-electron chi connectivity index (χ2n) is 9.67. The fourth-order valence-corrected chi connectivity index (χ4v) is 7.02. The summed E-state index contributed by atoms with van der Waals surface area (Å²) in [5.74, 6) is 0.00313. The molecule has 3 aliphatic carbocycles. The van der Waals surface area contributed by atoms with Crippen LogP contribution in [0.1, 0.15) is 59.3 Å². The molecule has 7 unspecified atom stereocenters. The molecule has 0 bridgehead atoms. The molecule has 132 valence electrons. The van der Waals surface area contributed by atoms with E-state index in [1.807, 2.05) is 0 Å². The van der Waals surface area contributed by atoms with Gasteiger partial charge in [0.05, 0.1) is 17.1 Å². The highest BCUT2D eigenvalue weighted by molar-refractivity contribution is 5.80. The van der Waals surface area contributed by atoms with Crippen LogP contribution in [0, 0.1) is 22.2 Å². The molecule has 0 aromatic carbocycles. The third-order valence-corrected chi connectivity index (χ3v) is 8.50. The normalized spacial score (nSPS) is 58.4. The summed E-state index contributed by atoms with van der Waals surface area (Å²) in [5.41, 5.74) is -0.502. The van der Waals surface area contributed by atoms with E-state index in [0.29, 0.717) is 0 Å². The summed E-state index contributed by atoms with van der Waals surface area (Å²) in [6, 6.07) is 0. The molecule has 2 saturated carbocycles. The Bertz CT molecular complexity index is 656. The van der Waals surface area contributed by atoms with Crippen molar-refractivity contribution in [3.63, 3.8) is 0 Å². The fraction of sp³-hybridized carbons (Fsp3) is 0.850. The first-order valence-corrected chi connectivity index (χ1v) is 9.52. The lowest BCUT2D eigenvalue weighted by molar-refractivity contribution is -0.173. The lowest BCUT2D eigenvalue weighted by Crippen LogP contribution is -2.65. The lowest BCUT2D eigenvalue weighted by Gasteiger charge is -2.62. The smallest absolute Gasteiger partial charge is 0.312 e. The fourth-order valence-electron chi connectivity index (χ4n) is 7.02. The molecule has 1 N–H and O–H groups in total. The maximum Gasteiger partial charge on any atom is 0.312 e. The Labute approximate surface area is 143 Å². The van der Waals surface area contributed by atoms with Crippen LogP contribution in [0.5, 0.6) is 0 Å². The van der Waals surface area contributed by atoms with Crippen molar-refractivity contribution in [2.75, 3.05) is 6.61 Å². The van der Waals surface area contributed by atoms with Crippen molar-refractivity contribution in [2.45, 2.75) is 77.1 Å². The molecule has 4 fully saturated rings. The van der Waals surface area contributed by atoms with E-state index in [9.17, 15) is 9.90 Å². The Kier molecular flexibility index (Phi) is 2.74. The van der Waals surface area contributed by atoms with Gasteiger partial charge >= 0.3 is 5.97 Å². The minimum absolute atomic E-state index is 0.0264. The molecule has 2 saturated heterocycles. The molecule has 0 aromatic heterocycles. The van der Waals surface area contributed by atoms with Crippen molar-refractivity contribution in [2.24, 2.45) is 22.2 Å². The van der Waals surface area contributed by atoms with Gasteiger partial charge in [0.15, 0.2) is 0 Å². The van der Waals surface area contributed by atoms with Gasteiger partial charge in [-0.2, -0.15) is 0 Å². The van der Waals surface area contributed by atoms with E-state index in [2.05, 4.69) is 26.8 Å². The van der Waals surface area contributed by atoms with Gasteiger partial charge in [0.2, 0.25) is 0 Å². The zero-order chi connectivity index (χ0) is 17.0. The first-order chi connectivity index (χ1) is 11.2. The van der Waals surface area contributed by atoms with Gasteiger partial charge in [-0.15, -0.1) is 0 Å². The van der Waals surface area contributed by atoms with Gasteiger partial charge in [-0.3, -0.25) is 4.79 Å². The molecule has 5 rings (SSSR count). The Hall–Kier alpha value is -0.870. The molecule has 0 radical (unpaired) electrons. The molecule has 5 aliphatic rings. The third-order valence-electron chi connectivity index (χ3n) is 8.50. The Morgan fingerprint density at radius 3 is 2.71 bits per heavy atom. The first kappa shape index (κ1) is 15.4. The van der Waals surface area contributed by atoms with Crippen LogP contribution in [0.3, 0.4) is 0 Å². The molecular formula is C20H28O4. The number of esters is 1. The molecule has 2 aliphatic heterocycles. The standard InChI is InChI=1S/C20H28O4/c1-17-7-8-20(22)12(15(17)23-10-9-17)11-13-14-18(2,16(21)24-13)5-4-6-19(14,20)3/h11,13-15,22H,4-10H2,1-3H3. The van der Waals surface area contributed by atoms with Gasteiger partial charge in [-0.05, 0) is 50.7 Å². The maximum absolute atomic E-state index is 12.7. The summed E-state index contributed by atoms with van der Waals surface area (Å²) >= 11 is 0. The first-order valence-electron chi connectivity index (χ1n) is 9.52. The summed E-state index contributed by atoms with van der Waals surface area (Å²) in [6.07, 6.45) is 7.47. The number of ether oxygens (including phenoxy) is 2. The molecule has 4 heteroatoms. The van der Waals surface area contributed by atoms with E-state index in [0.717, 1.165) is 50.7 Å². The summed E-state index contributed by atoms with van der Waals surface area (Å²) in [5, 5.41) is 12.0. The number of carbonyl (C=O) groups is 1. The highest BCUT2D eigenvalue weighted by atomic mass is 16.6. The van der Waals surface area contributed by atoms with Crippen molar-refractivity contribution in [1.82, 2.24) is 0 Å². The zero-order valence-corrected chi connectivity index (χ0v) is 14.9. The minimum atomic E-state index is -0.863. The van der Waals surface area contributed by atoms with E-state index in [-0.39, 0.29) is 34.9 Å². The maximum atomic E-state index is 12.7. The van der Waals surface area contributed by atoms with E-state index in [4.69, 9.17) is 9.47 Å². The average molecular weight is 332 g/mol. The molecule has 0 amide bonds. The van der Waals surface area contributed by atoms with E-state index in [1.165, 1.54) is 0 Å². The van der Waals surface area contributed by atoms with Gasteiger partial charge in [-0.1, -0.05) is 20.3 Å². The van der Waals surface area contributed by atoms with Crippen molar-refractivity contribution in [3.8, 4) is 0 Å². The SMILES string of the molecule is CC12CCOC1C1=CC3OC(=O)C4(C)CCCC(C)(C34)C1(O)CC2. The number of hydrogen-bond donors (Lipinski definition) is 1. The van der Waals surface area contributed by atoms with Gasteiger partial charge in [-0.25, -0.2) is 0 Å². The lowest BCUT2D eigenvalue weighted by atomic mass is 9.43. The van der Waals surface area contributed by atoms with Crippen molar-refractivity contribution in [3.05, 3.63) is 11.6 Å². The van der Waals surface area contributed by atoms with Crippen LogP contribution in [-0.2, 0) is 14.3 Å². The number of carbonyl (C=O) groups excluding carboxylic acids is 1. The van der Waals surface area contributed by atoms with Crippen molar-refractivity contribution < 1.29 is 19.4 Å². The van der Waals surface area contributed by atoms with Gasteiger partial charge in [0.1, 0.15) is 6.10 Å². The Morgan fingerprint density at radius 2 is 1.92 bits per heavy atom. The van der Waals surface area contributed by atoms with Crippen molar-refractivity contribution in [1.29, 1.82) is 0 Å². The highest BCUT2D eigenvalue weighted by Gasteiger charge is 2.72. The van der Waals surface area contributed by atoms with Crippen molar-refractivity contribution >= 4 is 5.97 Å². The number of fused-ring (bicyclic) bond motifs is 4. The monoisotopic (exact) mass is 332 g/mol. The van der Waals surface area contributed by atoms with Crippen LogP contribution < -0.4 is 0 Å². The third kappa shape index (κ3) is 1.48. The van der Waals surface area contributed by atoms with Crippen LogP contribution >= 0.6 is 0 Å². The molecule has 7 atom stereocenters.